The number of anilines is 1. The molecule has 2 aromatic carbocycles. The molecule has 0 saturated heterocycles. The van der Waals surface area contributed by atoms with Crippen molar-refractivity contribution in [2.45, 2.75) is 65.2 Å². The lowest BCUT2D eigenvalue weighted by atomic mass is 9.95. The molecule has 0 saturated carbocycles. The van der Waals surface area contributed by atoms with Crippen molar-refractivity contribution in [2.24, 2.45) is 5.92 Å². The number of nitrogens with zero attached hydrogens (tertiary/aromatic N) is 1. The van der Waals surface area contributed by atoms with Crippen molar-refractivity contribution in [3.63, 3.8) is 0 Å². The Morgan fingerprint density at radius 3 is 2.39 bits per heavy atom. The maximum Gasteiger partial charge on any atom is 0.249 e. The first-order valence-electron chi connectivity index (χ1n) is 12.5. The first kappa shape index (κ1) is 27.4. The Kier molecular flexibility index (Phi) is 10.5. The number of amides is 2. The van der Waals surface area contributed by atoms with Gasteiger partial charge in [-0.25, -0.2) is 4.98 Å². The fourth-order valence-corrected chi connectivity index (χ4v) is 4.86. The molecule has 0 aliphatic heterocycles. The Balaban J connectivity index is 1.67. The molecule has 0 spiro atoms. The molecule has 2 atom stereocenters. The van der Waals surface area contributed by atoms with Crippen molar-refractivity contribution in [1.29, 1.82) is 0 Å². The van der Waals surface area contributed by atoms with Crippen molar-refractivity contribution >= 4 is 28.3 Å². The molecule has 3 aromatic rings. The second kappa shape index (κ2) is 13.8. The minimum atomic E-state index is -1.13. The topological polar surface area (TPSA) is 101 Å². The van der Waals surface area contributed by atoms with Crippen LogP contribution in [0.4, 0.5) is 5.13 Å². The number of thiazole rings is 1. The fourth-order valence-electron chi connectivity index (χ4n) is 3.98. The number of hydrogen-bond acceptors (Lipinski definition) is 6. The first-order chi connectivity index (χ1) is 17.5. The highest BCUT2D eigenvalue weighted by Gasteiger charge is 2.28. The van der Waals surface area contributed by atoms with Gasteiger partial charge in [0.2, 0.25) is 11.8 Å². The summed E-state index contributed by atoms with van der Waals surface area (Å²) < 4.78 is 5.93. The van der Waals surface area contributed by atoms with Crippen LogP contribution in [0.2, 0.25) is 0 Å². The average molecular weight is 510 g/mol. The third kappa shape index (κ3) is 7.38. The quantitative estimate of drug-likeness (QED) is 0.286. The van der Waals surface area contributed by atoms with E-state index in [2.05, 4.69) is 15.6 Å². The van der Waals surface area contributed by atoms with Crippen LogP contribution >= 0.6 is 11.3 Å². The lowest BCUT2D eigenvalue weighted by Crippen LogP contribution is -2.49. The molecule has 8 heteroatoms. The highest BCUT2D eigenvalue weighted by molar-refractivity contribution is 7.19. The number of hydrogen-bond donors (Lipinski definition) is 3. The molecule has 0 aliphatic carbocycles. The largest absolute Gasteiger partial charge is 0.489 e. The van der Waals surface area contributed by atoms with Crippen LogP contribution in [0, 0.1) is 5.92 Å². The van der Waals surface area contributed by atoms with Gasteiger partial charge in [0.15, 0.2) is 5.13 Å². The van der Waals surface area contributed by atoms with Gasteiger partial charge in [-0.15, -0.1) is 0 Å². The zero-order valence-corrected chi connectivity index (χ0v) is 21.9. The van der Waals surface area contributed by atoms with Crippen LogP contribution in [0.15, 0.2) is 60.8 Å². The summed E-state index contributed by atoms with van der Waals surface area (Å²) in [4.78, 5) is 30.8. The number of aromatic nitrogens is 1. The molecule has 0 radical (unpaired) electrons. The monoisotopic (exact) mass is 509 g/mol. The van der Waals surface area contributed by atoms with Crippen LogP contribution in [0.5, 0.6) is 5.75 Å². The van der Waals surface area contributed by atoms with E-state index < -0.39 is 18.1 Å². The van der Waals surface area contributed by atoms with E-state index in [1.54, 1.807) is 6.20 Å². The van der Waals surface area contributed by atoms with Gasteiger partial charge in [0, 0.05) is 6.20 Å². The molecule has 1 heterocycles. The predicted molar refractivity (Wildman–Crippen MR) is 144 cm³/mol. The third-order valence-corrected chi connectivity index (χ3v) is 7.08. The lowest BCUT2D eigenvalue weighted by Gasteiger charge is -2.23. The van der Waals surface area contributed by atoms with Crippen molar-refractivity contribution in [3.8, 4) is 16.2 Å². The molecule has 0 aliphatic rings. The van der Waals surface area contributed by atoms with Crippen LogP contribution < -0.4 is 15.4 Å². The number of carbonyl (C=O) groups is 2. The lowest BCUT2D eigenvalue weighted by molar-refractivity contribution is -0.135. The standard InChI is InChI=1S/C28H35N3O4S/c1-4-12-23(30-27(34)25(32)19(5-2)6-3)26(33)31-28-29-17-24(36-28)22-16-11-10-13-20(22)18-35-21-14-8-7-9-15-21/h7-11,13-17,19,23,25,32H,4-6,12,18H2,1-3H3,(H,30,34)(H,29,31,33)/t23?,25-/m0/s1. The van der Waals surface area contributed by atoms with Gasteiger partial charge >= 0.3 is 0 Å². The molecule has 3 N–H and O–H groups in total. The highest BCUT2D eigenvalue weighted by atomic mass is 32.1. The van der Waals surface area contributed by atoms with Crippen LogP contribution in [-0.4, -0.2) is 34.1 Å². The summed E-state index contributed by atoms with van der Waals surface area (Å²) in [5.41, 5.74) is 1.99. The molecular weight excluding hydrogens is 474 g/mol. The molecule has 3 rings (SSSR count). The molecule has 36 heavy (non-hydrogen) atoms. The second-order valence-corrected chi connectivity index (χ2v) is 9.68. The molecule has 1 unspecified atom stereocenters. The Hall–Kier alpha value is -3.23. The smallest absolute Gasteiger partial charge is 0.249 e. The van der Waals surface area contributed by atoms with Crippen LogP contribution in [0.3, 0.4) is 0 Å². The van der Waals surface area contributed by atoms with E-state index in [1.165, 1.54) is 11.3 Å². The molecule has 2 amide bonds. The summed E-state index contributed by atoms with van der Waals surface area (Å²) in [6.07, 6.45) is 3.15. The predicted octanol–water partition coefficient (Wildman–Crippen LogP) is 5.41. The number of carbonyl (C=O) groups excluding carboxylic acids is 2. The van der Waals surface area contributed by atoms with E-state index >= 15 is 0 Å². The Morgan fingerprint density at radius 2 is 1.69 bits per heavy atom. The van der Waals surface area contributed by atoms with E-state index in [0.717, 1.165) is 21.8 Å². The average Bonchev–Trinajstić information content (AvgIpc) is 3.36. The Morgan fingerprint density at radius 1 is 1.00 bits per heavy atom. The van der Waals surface area contributed by atoms with Crippen LogP contribution in [-0.2, 0) is 16.2 Å². The van der Waals surface area contributed by atoms with E-state index in [0.29, 0.717) is 37.4 Å². The molecule has 0 fully saturated rings. The van der Waals surface area contributed by atoms with Gasteiger partial charge in [-0.1, -0.05) is 93.8 Å². The maximum absolute atomic E-state index is 13.0. The van der Waals surface area contributed by atoms with E-state index in [1.807, 2.05) is 75.4 Å². The molecule has 192 valence electrons. The summed E-state index contributed by atoms with van der Waals surface area (Å²) in [7, 11) is 0. The van der Waals surface area contributed by atoms with Gasteiger partial charge in [0.05, 0.1) is 4.88 Å². The second-order valence-electron chi connectivity index (χ2n) is 8.65. The molecular formula is C28H35N3O4S. The zero-order chi connectivity index (χ0) is 25.9. The number of ether oxygens (including phenoxy) is 1. The Labute approximate surface area is 216 Å². The van der Waals surface area contributed by atoms with Crippen molar-refractivity contribution in [3.05, 3.63) is 66.4 Å². The summed E-state index contributed by atoms with van der Waals surface area (Å²) in [6, 6.07) is 16.8. The maximum atomic E-state index is 13.0. The van der Waals surface area contributed by atoms with Gasteiger partial charge < -0.3 is 20.5 Å². The van der Waals surface area contributed by atoms with E-state index in [4.69, 9.17) is 4.74 Å². The number of aliphatic hydroxyl groups is 1. The van der Waals surface area contributed by atoms with Gasteiger partial charge in [-0.05, 0) is 35.6 Å². The third-order valence-electron chi connectivity index (χ3n) is 6.13. The normalized spacial score (nSPS) is 12.7. The SMILES string of the molecule is CCCC(NC(=O)[C@@H](O)C(CC)CC)C(=O)Nc1ncc(-c2ccccc2COc2ccccc2)s1. The van der Waals surface area contributed by atoms with Gasteiger partial charge in [0.25, 0.3) is 0 Å². The summed E-state index contributed by atoms with van der Waals surface area (Å²) in [5.74, 6) is -0.196. The molecule has 1 aromatic heterocycles. The fraction of sp³-hybridized carbons (Fsp3) is 0.393. The van der Waals surface area contributed by atoms with Crippen LogP contribution in [0.25, 0.3) is 10.4 Å². The van der Waals surface area contributed by atoms with Crippen LogP contribution in [0.1, 0.15) is 52.0 Å². The van der Waals surface area contributed by atoms with E-state index in [-0.39, 0.29) is 11.8 Å². The van der Waals surface area contributed by atoms with Crippen molar-refractivity contribution in [2.75, 3.05) is 5.32 Å². The summed E-state index contributed by atoms with van der Waals surface area (Å²) in [5, 5.41) is 16.4. The number of para-hydroxylation sites is 1. The number of nitrogens with one attached hydrogen (secondary N) is 2. The summed E-state index contributed by atoms with van der Waals surface area (Å²) in [6.45, 7) is 6.22. The van der Waals surface area contributed by atoms with Gasteiger partial charge in [-0.2, -0.15) is 0 Å². The highest BCUT2D eigenvalue weighted by Crippen LogP contribution is 2.32. The number of benzene rings is 2. The molecule has 7 nitrogen and oxygen atoms in total. The Bertz CT molecular complexity index is 1110. The van der Waals surface area contributed by atoms with Crippen molar-refractivity contribution < 1.29 is 19.4 Å². The molecule has 0 bridgehead atoms. The minimum absolute atomic E-state index is 0.136. The number of rotatable bonds is 13. The minimum Gasteiger partial charge on any atom is -0.489 e. The summed E-state index contributed by atoms with van der Waals surface area (Å²) >= 11 is 1.36. The van der Waals surface area contributed by atoms with Gasteiger partial charge in [-0.3, -0.25) is 9.59 Å². The number of aliphatic hydroxyl groups excluding tert-OH is 1. The van der Waals surface area contributed by atoms with E-state index in [9.17, 15) is 14.7 Å². The van der Waals surface area contributed by atoms with Crippen molar-refractivity contribution in [1.82, 2.24) is 10.3 Å². The van der Waals surface area contributed by atoms with Gasteiger partial charge in [0.1, 0.15) is 24.5 Å². The first-order valence-corrected chi connectivity index (χ1v) is 13.3. The zero-order valence-electron chi connectivity index (χ0n) is 21.1.